The van der Waals surface area contributed by atoms with Crippen LogP contribution in [-0.2, 0) is 12.8 Å². The monoisotopic (exact) mass is 352 g/mol. The minimum Gasteiger partial charge on any atom is -0.478 e. The van der Waals surface area contributed by atoms with E-state index in [1.165, 1.54) is 16.9 Å². The average molecular weight is 352 g/mol. The van der Waals surface area contributed by atoms with Gasteiger partial charge in [0.2, 0.25) is 0 Å². The first-order chi connectivity index (χ1) is 12.1. The fourth-order valence-electron chi connectivity index (χ4n) is 3.17. The topological polar surface area (TPSA) is 83.0 Å². The molecule has 0 radical (unpaired) electrons. The molecule has 1 aliphatic rings. The van der Waals surface area contributed by atoms with Gasteiger partial charge in [0.15, 0.2) is 0 Å². The fraction of sp³-hybridized carbons (Fsp3) is 0.211. The standard InChI is InChI=1S/C19H16N2O3S/c22-17-16-13-3-1-2-4-14(13)25-18(16)21-15(20-17)10-7-11-5-8-12(9-6-11)19(23)24/h5-10H,1-4H2,(H,23,24)(H,20,21,22)/b10-7+. The summed E-state index contributed by atoms with van der Waals surface area (Å²) >= 11 is 1.62. The number of aryl methyl sites for hydroxylation is 2. The molecule has 0 aliphatic heterocycles. The molecule has 0 amide bonds. The highest BCUT2D eigenvalue weighted by Gasteiger charge is 2.19. The molecule has 0 fully saturated rings. The highest BCUT2D eigenvalue weighted by Crippen LogP contribution is 2.33. The third-order valence-electron chi connectivity index (χ3n) is 4.43. The number of benzene rings is 1. The normalized spacial score (nSPS) is 14.1. The number of fused-ring (bicyclic) bond motifs is 3. The summed E-state index contributed by atoms with van der Waals surface area (Å²) in [4.78, 5) is 32.9. The van der Waals surface area contributed by atoms with Crippen molar-refractivity contribution in [2.24, 2.45) is 0 Å². The molecule has 4 rings (SSSR count). The average Bonchev–Trinajstić information content (AvgIpc) is 2.99. The van der Waals surface area contributed by atoms with Crippen molar-refractivity contribution in [2.75, 3.05) is 0 Å². The van der Waals surface area contributed by atoms with E-state index >= 15 is 0 Å². The summed E-state index contributed by atoms with van der Waals surface area (Å²) in [5.41, 5.74) is 2.19. The van der Waals surface area contributed by atoms with E-state index in [9.17, 15) is 9.59 Å². The van der Waals surface area contributed by atoms with Crippen LogP contribution in [-0.4, -0.2) is 21.0 Å². The zero-order chi connectivity index (χ0) is 17.4. The molecule has 2 heterocycles. The quantitative estimate of drug-likeness (QED) is 0.752. The first-order valence-electron chi connectivity index (χ1n) is 8.18. The van der Waals surface area contributed by atoms with Crippen molar-refractivity contribution in [3.63, 3.8) is 0 Å². The van der Waals surface area contributed by atoms with Gasteiger partial charge in [0.1, 0.15) is 10.7 Å². The Bertz CT molecular complexity index is 1040. The number of nitrogens with one attached hydrogen (secondary N) is 1. The van der Waals surface area contributed by atoms with Crippen LogP contribution in [0.15, 0.2) is 29.1 Å². The highest BCUT2D eigenvalue weighted by molar-refractivity contribution is 7.18. The Balaban J connectivity index is 1.67. The predicted molar refractivity (Wildman–Crippen MR) is 99.2 cm³/mol. The van der Waals surface area contributed by atoms with Gasteiger partial charge < -0.3 is 10.1 Å². The van der Waals surface area contributed by atoms with Gasteiger partial charge in [-0.25, -0.2) is 9.78 Å². The Hall–Kier alpha value is -2.73. The second kappa shape index (κ2) is 6.29. The van der Waals surface area contributed by atoms with Crippen LogP contribution >= 0.6 is 11.3 Å². The van der Waals surface area contributed by atoms with Gasteiger partial charge >= 0.3 is 5.97 Å². The summed E-state index contributed by atoms with van der Waals surface area (Å²) in [5.74, 6) is -0.438. The van der Waals surface area contributed by atoms with Gasteiger partial charge in [-0.05, 0) is 55.0 Å². The van der Waals surface area contributed by atoms with Crippen molar-refractivity contribution < 1.29 is 9.90 Å². The SMILES string of the molecule is O=C(O)c1ccc(/C=C/c2nc3sc4c(c3c(=O)[nH]2)CCCC4)cc1. The Labute approximate surface area is 147 Å². The lowest BCUT2D eigenvalue weighted by Crippen LogP contribution is -2.11. The molecule has 0 saturated heterocycles. The van der Waals surface area contributed by atoms with Crippen molar-refractivity contribution in [1.29, 1.82) is 0 Å². The van der Waals surface area contributed by atoms with E-state index in [1.54, 1.807) is 41.7 Å². The van der Waals surface area contributed by atoms with Crippen molar-refractivity contribution >= 4 is 39.7 Å². The lowest BCUT2D eigenvalue weighted by Gasteiger charge is -2.09. The Morgan fingerprint density at radius 2 is 1.92 bits per heavy atom. The second-order valence-electron chi connectivity index (χ2n) is 6.10. The number of H-pyrrole nitrogens is 1. The molecule has 126 valence electrons. The minimum atomic E-state index is -0.950. The third kappa shape index (κ3) is 3.00. The summed E-state index contributed by atoms with van der Waals surface area (Å²) in [5, 5.41) is 9.67. The molecule has 0 spiro atoms. The Kier molecular flexibility index (Phi) is 3.97. The van der Waals surface area contributed by atoms with E-state index in [2.05, 4.69) is 9.97 Å². The number of carbonyl (C=O) groups is 1. The molecule has 2 aromatic heterocycles. The van der Waals surface area contributed by atoms with Crippen LogP contribution in [0.5, 0.6) is 0 Å². The van der Waals surface area contributed by atoms with Crippen LogP contribution < -0.4 is 5.56 Å². The smallest absolute Gasteiger partial charge is 0.335 e. The van der Waals surface area contributed by atoms with E-state index in [0.29, 0.717) is 5.82 Å². The molecule has 0 bridgehead atoms. The number of aromatic carboxylic acids is 1. The van der Waals surface area contributed by atoms with Gasteiger partial charge in [0, 0.05) is 4.88 Å². The van der Waals surface area contributed by atoms with Crippen molar-refractivity contribution in [3.05, 3.63) is 62.0 Å². The van der Waals surface area contributed by atoms with Crippen molar-refractivity contribution in [2.45, 2.75) is 25.7 Å². The Morgan fingerprint density at radius 1 is 1.16 bits per heavy atom. The number of aromatic amines is 1. The number of rotatable bonds is 3. The van der Waals surface area contributed by atoms with Crippen LogP contribution in [0.25, 0.3) is 22.4 Å². The van der Waals surface area contributed by atoms with Gasteiger partial charge in [0.25, 0.3) is 5.56 Å². The first-order valence-corrected chi connectivity index (χ1v) is 8.99. The van der Waals surface area contributed by atoms with E-state index in [0.717, 1.165) is 35.0 Å². The molecule has 0 atom stereocenters. The third-order valence-corrected chi connectivity index (χ3v) is 5.62. The molecule has 5 nitrogen and oxygen atoms in total. The number of nitrogens with zero attached hydrogens (tertiary/aromatic N) is 1. The molecule has 2 N–H and O–H groups in total. The number of carboxylic acid groups (broad SMARTS) is 1. The van der Waals surface area contributed by atoms with Crippen LogP contribution in [0.2, 0.25) is 0 Å². The molecule has 1 aliphatic carbocycles. The van der Waals surface area contributed by atoms with Gasteiger partial charge in [-0.1, -0.05) is 18.2 Å². The molecule has 0 unspecified atom stereocenters. The predicted octanol–water partition coefficient (Wildman–Crippen LogP) is 3.73. The molecular formula is C19H16N2O3S. The summed E-state index contributed by atoms with van der Waals surface area (Å²) in [6.45, 7) is 0. The van der Waals surface area contributed by atoms with E-state index in [4.69, 9.17) is 5.11 Å². The van der Waals surface area contributed by atoms with Crippen LogP contribution in [0, 0.1) is 0 Å². The van der Waals surface area contributed by atoms with Gasteiger partial charge in [-0.2, -0.15) is 0 Å². The molecule has 0 saturated carbocycles. The van der Waals surface area contributed by atoms with Crippen LogP contribution in [0.1, 0.15) is 45.0 Å². The second-order valence-corrected chi connectivity index (χ2v) is 7.19. The van der Waals surface area contributed by atoms with Crippen molar-refractivity contribution in [1.82, 2.24) is 9.97 Å². The maximum Gasteiger partial charge on any atom is 0.335 e. The summed E-state index contributed by atoms with van der Waals surface area (Å²) in [6.07, 6.45) is 7.86. The molecule has 3 aromatic rings. The maximum absolute atomic E-state index is 12.5. The number of hydrogen-bond donors (Lipinski definition) is 2. The zero-order valence-electron chi connectivity index (χ0n) is 13.4. The largest absolute Gasteiger partial charge is 0.478 e. The summed E-state index contributed by atoms with van der Waals surface area (Å²) in [6, 6.07) is 6.55. The number of carboxylic acids is 1. The molecule has 6 heteroatoms. The van der Waals surface area contributed by atoms with E-state index in [-0.39, 0.29) is 11.1 Å². The molecule has 1 aromatic carbocycles. The summed E-state index contributed by atoms with van der Waals surface area (Å²) in [7, 11) is 0. The maximum atomic E-state index is 12.5. The number of hydrogen-bond acceptors (Lipinski definition) is 4. The molecular weight excluding hydrogens is 336 g/mol. The van der Waals surface area contributed by atoms with Crippen LogP contribution in [0.3, 0.4) is 0 Å². The number of thiophene rings is 1. The van der Waals surface area contributed by atoms with Gasteiger partial charge in [-0.3, -0.25) is 4.79 Å². The number of aromatic nitrogens is 2. The lowest BCUT2D eigenvalue weighted by molar-refractivity contribution is 0.0697. The van der Waals surface area contributed by atoms with Gasteiger partial charge in [0.05, 0.1) is 10.9 Å². The lowest BCUT2D eigenvalue weighted by atomic mass is 9.97. The summed E-state index contributed by atoms with van der Waals surface area (Å²) < 4.78 is 0. The van der Waals surface area contributed by atoms with Gasteiger partial charge in [-0.15, -0.1) is 11.3 Å². The van der Waals surface area contributed by atoms with Crippen LogP contribution in [0.4, 0.5) is 0 Å². The Morgan fingerprint density at radius 3 is 2.68 bits per heavy atom. The van der Waals surface area contributed by atoms with Crippen molar-refractivity contribution in [3.8, 4) is 0 Å². The molecule has 25 heavy (non-hydrogen) atoms. The minimum absolute atomic E-state index is 0.0784. The highest BCUT2D eigenvalue weighted by atomic mass is 32.1. The van der Waals surface area contributed by atoms with E-state index in [1.807, 2.05) is 6.08 Å². The fourth-order valence-corrected chi connectivity index (χ4v) is 4.44. The first kappa shape index (κ1) is 15.8. The van der Waals surface area contributed by atoms with E-state index < -0.39 is 5.97 Å². The zero-order valence-corrected chi connectivity index (χ0v) is 14.2.